The van der Waals surface area contributed by atoms with Crippen LogP contribution in [0.1, 0.15) is 0 Å². The second-order valence-corrected chi connectivity index (χ2v) is 4.71. The Bertz CT molecular complexity index is 526. The highest BCUT2D eigenvalue weighted by Gasteiger charge is 2.87. The van der Waals surface area contributed by atoms with Crippen LogP contribution in [0.25, 0.3) is 0 Å². The van der Waals surface area contributed by atoms with Crippen LogP contribution in [0.4, 0.5) is 74.6 Å². The molecule has 0 amide bonds. The number of ether oxygens (including phenoxy) is 1. The number of hydrogen-bond acceptors (Lipinski definition) is 1. The molecule has 0 aromatic heterocycles. The molecule has 1 nitrogen and oxygen atoms in total. The Kier molecular flexibility index (Phi) is 6.31. The second kappa shape index (κ2) is 6.70. The van der Waals surface area contributed by atoms with Gasteiger partial charge in [0.15, 0.2) is 0 Å². The first kappa shape index (κ1) is 26.3. The summed E-state index contributed by atoms with van der Waals surface area (Å²) in [5.74, 6) is -4.47. The minimum atomic E-state index is -8.11. The lowest BCUT2D eigenvalue weighted by Gasteiger charge is -2.41. The standard InChI is InChI=1S/C10H3F17O/c1-28-3(6(13,14)15)2(4(11,7(16,17)18)8(19,20)21)5(12,9(22,23)24)10(25,26)27/h1H3. The van der Waals surface area contributed by atoms with E-state index in [-0.39, 0.29) is 0 Å². The molecule has 0 radical (unpaired) electrons. The molecule has 0 atom stereocenters. The molecule has 0 saturated heterocycles. The van der Waals surface area contributed by atoms with E-state index >= 15 is 0 Å². The summed E-state index contributed by atoms with van der Waals surface area (Å²) in [5, 5.41) is 0. The van der Waals surface area contributed by atoms with E-state index in [0.29, 0.717) is 0 Å². The van der Waals surface area contributed by atoms with Gasteiger partial charge in [0.1, 0.15) is 0 Å². The van der Waals surface area contributed by atoms with E-state index < -0.39 is 60.7 Å². The highest BCUT2D eigenvalue weighted by Crippen LogP contribution is 2.62. The fourth-order valence-electron chi connectivity index (χ4n) is 1.80. The van der Waals surface area contributed by atoms with Crippen LogP contribution in [-0.4, -0.2) is 49.3 Å². The van der Waals surface area contributed by atoms with Crippen LogP contribution in [0.15, 0.2) is 11.3 Å². The Balaban J connectivity index is 8.02. The maximum atomic E-state index is 13.9. The Morgan fingerprint density at radius 1 is 0.464 bits per heavy atom. The van der Waals surface area contributed by atoms with Crippen LogP contribution < -0.4 is 0 Å². The minimum absolute atomic E-state index is 0.650. The third-order valence-corrected chi connectivity index (χ3v) is 2.94. The molecule has 0 spiro atoms. The van der Waals surface area contributed by atoms with Crippen molar-refractivity contribution in [2.24, 2.45) is 0 Å². The van der Waals surface area contributed by atoms with Crippen molar-refractivity contribution in [2.75, 3.05) is 7.11 Å². The first-order valence-corrected chi connectivity index (χ1v) is 5.83. The molecule has 168 valence electrons. The lowest BCUT2D eigenvalue weighted by Crippen LogP contribution is -2.66. The summed E-state index contributed by atoms with van der Waals surface area (Å²) < 4.78 is 219. The summed E-state index contributed by atoms with van der Waals surface area (Å²) in [6.45, 7) is 0. The van der Waals surface area contributed by atoms with Crippen LogP contribution in [0.2, 0.25) is 0 Å². The molecule has 0 fully saturated rings. The molecule has 0 heterocycles. The Labute approximate surface area is 141 Å². The number of allylic oxidation sites excluding steroid dienone is 2. The zero-order valence-electron chi connectivity index (χ0n) is 12.3. The van der Waals surface area contributed by atoms with Gasteiger partial charge in [-0.25, -0.2) is 8.78 Å². The zero-order valence-corrected chi connectivity index (χ0v) is 12.3. The summed E-state index contributed by atoms with van der Waals surface area (Å²) in [7, 11) is -0.650. The molecular weight excluding hydrogens is 459 g/mol. The molecule has 0 rings (SSSR count). The van der Waals surface area contributed by atoms with Gasteiger partial charge in [-0.15, -0.1) is 0 Å². The monoisotopic (exact) mass is 462 g/mol. The molecule has 0 bridgehead atoms. The number of rotatable bonds is 3. The smallest absolute Gasteiger partial charge is 0.449 e. The van der Waals surface area contributed by atoms with Crippen molar-refractivity contribution in [2.45, 2.75) is 42.2 Å². The van der Waals surface area contributed by atoms with Crippen molar-refractivity contribution in [1.82, 2.24) is 0 Å². The third kappa shape index (κ3) is 3.90. The van der Waals surface area contributed by atoms with Crippen molar-refractivity contribution in [3.8, 4) is 0 Å². The quantitative estimate of drug-likeness (QED) is 0.363. The molecule has 0 aliphatic rings. The van der Waals surface area contributed by atoms with Crippen LogP contribution in [0.5, 0.6) is 0 Å². The van der Waals surface area contributed by atoms with Crippen LogP contribution in [-0.2, 0) is 4.74 Å². The summed E-state index contributed by atoms with van der Waals surface area (Å²) in [4.78, 5) is 0. The van der Waals surface area contributed by atoms with Crippen molar-refractivity contribution >= 4 is 0 Å². The highest BCUT2D eigenvalue weighted by atomic mass is 19.4. The molecule has 0 saturated carbocycles. The van der Waals surface area contributed by atoms with Gasteiger partial charge >= 0.3 is 42.2 Å². The van der Waals surface area contributed by atoms with Gasteiger partial charge in [-0.1, -0.05) is 0 Å². The summed E-state index contributed by atoms with van der Waals surface area (Å²) >= 11 is 0. The van der Waals surface area contributed by atoms with Gasteiger partial charge in [0.05, 0.1) is 12.7 Å². The average molecular weight is 462 g/mol. The first-order valence-electron chi connectivity index (χ1n) is 5.83. The number of halogens is 17. The van der Waals surface area contributed by atoms with E-state index in [4.69, 9.17) is 0 Å². The molecule has 0 aromatic rings. The van der Waals surface area contributed by atoms with Crippen molar-refractivity contribution < 1.29 is 79.4 Å². The molecule has 28 heavy (non-hydrogen) atoms. The normalized spacial score (nSPS) is 15.5. The summed E-state index contributed by atoms with van der Waals surface area (Å²) in [6.07, 6.45) is -38.9. The van der Waals surface area contributed by atoms with Crippen LogP contribution in [0.3, 0.4) is 0 Å². The molecule has 0 aliphatic carbocycles. The fourth-order valence-corrected chi connectivity index (χ4v) is 1.80. The minimum Gasteiger partial charge on any atom is -0.492 e. The Morgan fingerprint density at radius 3 is 0.786 bits per heavy atom. The molecule has 0 unspecified atom stereocenters. The van der Waals surface area contributed by atoms with Gasteiger partial charge in [0.25, 0.3) is 0 Å². The van der Waals surface area contributed by atoms with E-state index in [0.717, 1.165) is 0 Å². The maximum Gasteiger partial charge on any atom is 0.449 e. The van der Waals surface area contributed by atoms with E-state index in [1.54, 1.807) is 0 Å². The topological polar surface area (TPSA) is 9.23 Å². The van der Waals surface area contributed by atoms with Crippen molar-refractivity contribution in [3.05, 3.63) is 11.3 Å². The highest BCUT2D eigenvalue weighted by molar-refractivity contribution is 5.40. The lowest BCUT2D eigenvalue weighted by atomic mass is 9.79. The van der Waals surface area contributed by atoms with E-state index in [1.165, 1.54) is 0 Å². The third-order valence-electron chi connectivity index (χ3n) is 2.94. The Hall–Kier alpha value is -1.65. The van der Waals surface area contributed by atoms with Gasteiger partial charge in [-0.2, -0.15) is 65.9 Å². The second-order valence-electron chi connectivity index (χ2n) is 4.71. The van der Waals surface area contributed by atoms with Crippen LogP contribution >= 0.6 is 0 Å². The van der Waals surface area contributed by atoms with Crippen molar-refractivity contribution in [1.29, 1.82) is 0 Å². The number of methoxy groups -OCH3 is 1. The first-order chi connectivity index (χ1) is 11.8. The fraction of sp³-hybridized carbons (Fsp3) is 0.800. The van der Waals surface area contributed by atoms with E-state index in [1.807, 2.05) is 0 Å². The predicted molar refractivity (Wildman–Crippen MR) is 52.0 cm³/mol. The zero-order chi connectivity index (χ0) is 23.4. The van der Waals surface area contributed by atoms with E-state index in [9.17, 15) is 74.6 Å². The molecule has 0 N–H and O–H groups in total. The van der Waals surface area contributed by atoms with Gasteiger partial charge in [0.2, 0.25) is 5.76 Å². The predicted octanol–water partition coefficient (Wildman–Crippen LogP) is 6.12. The summed E-state index contributed by atoms with van der Waals surface area (Å²) in [5.41, 5.74) is -21.7. The Morgan fingerprint density at radius 2 is 0.679 bits per heavy atom. The molecule has 18 heteroatoms. The van der Waals surface area contributed by atoms with Gasteiger partial charge in [-0.05, 0) is 0 Å². The SMILES string of the molecule is COC(=C(C(F)(C(F)(F)F)C(F)(F)F)C(F)(C(F)(F)F)C(F)(F)F)C(F)(F)F. The number of hydrogen-bond donors (Lipinski definition) is 0. The van der Waals surface area contributed by atoms with Gasteiger partial charge in [0, 0.05) is 0 Å². The maximum absolute atomic E-state index is 13.9. The largest absolute Gasteiger partial charge is 0.492 e. The van der Waals surface area contributed by atoms with Gasteiger partial charge in [-0.3, -0.25) is 0 Å². The van der Waals surface area contributed by atoms with Crippen LogP contribution in [0, 0.1) is 0 Å². The van der Waals surface area contributed by atoms with Crippen molar-refractivity contribution in [3.63, 3.8) is 0 Å². The number of alkyl halides is 17. The average Bonchev–Trinajstić information content (AvgIpc) is 2.36. The van der Waals surface area contributed by atoms with Gasteiger partial charge < -0.3 is 4.74 Å². The van der Waals surface area contributed by atoms with E-state index in [2.05, 4.69) is 4.74 Å². The summed E-state index contributed by atoms with van der Waals surface area (Å²) in [6, 6.07) is 0. The molecule has 0 aromatic carbocycles. The molecular formula is C10H3F17O. The molecule has 0 aliphatic heterocycles. The lowest BCUT2D eigenvalue weighted by molar-refractivity contribution is -0.366.